The third-order valence-corrected chi connectivity index (χ3v) is 4.74. The van der Waals surface area contributed by atoms with Crippen LogP contribution < -0.4 is 10.2 Å². The number of anilines is 1. The van der Waals surface area contributed by atoms with Crippen LogP contribution in [-0.2, 0) is 12.6 Å². The molecule has 28 heavy (non-hydrogen) atoms. The Kier molecular flexibility index (Phi) is 6.38. The number of guanidine groups is 1. The van der Waals surface area contributed by atoms with E-state index in [9.17, 15) is 13.2 Å². The number of alkyl halides is 3. The van der Waals surface area contributed by atoms with Crippen LogP contribution in [0.5, 0.6) is 0 Å². The number of benzene rings is 1. The Morgan fingerprint density at radius 3 is 2.36 bits per heavy atom. The average molecular weight is 391 g/mol. The lowest BCUT2D eigenvalue weighted by molar-refractivity contribution is -0.137. The molecule has 0 aliphatic carbocycles. The number of pyridine rings is 1. The molecule has 1 aromatic heterocycles. The van der Waals surface area contributed by atoms with Gasteiger partial charge in [-0.3, -0.25) is 4.99 Å². The van der Waals surface area contributed by atoms with E-state index in [0.29, 0.717) is 13.0 Å². The zero-order valence-electron chi connectivity index (χ0n) is 15.8. The zero-order chi connectivity index (χ0) is 20.0. The smallest absolute Gasteiger partial charge is 0.356 e. The second kappa shape index (κ2) is 8.95. The fraction of sp³-hybridized carbons (Fsp3) is 0.400. The van der Waals surface area contributed by atoms with Crippen LogP contribution in [0.25, 0.3) is 0 Å². The first-order chi connectivity index (χ1) is 13.5. The molecule has 150 valence electrons. The van der Waals surface area contributed by atoms with Crippen molar-refractivity contribution in [2.45, 2.75) is 12.6 Å². The summed E-state index contributed by atoms with van der Waals surface area (Å²) in [6.07, 6.45) is -1.87. The normalized spacial score (nSPS) is 15.6. The summed E-state index contributed by atoms with van der Waals surface area (Å²) in [6.45, 7) is 3.98. The van der Waals surface area contributed by atoms with Gasteiger partial charge in [0.1, 0.15) is 5.82 Å². The molecule has 0 radical (unpaired) electrons. The Morgan fingerprint density at radius 1 is 1.07 bits per heavy atom. The summed E-state index contributed by atoms with van der Waals surface area (Å²) < 4.78 is 37.9. The summed E-state index contributed by atoms with van der Waals surface area (Å²) in [4.78, 5) is 13.2. The van der Waals surface area contributed by atoms with E-state index in [-0.39, 0.29) is 0 Å². The lowest BCUT2D eigenvalue weighted by Gasteiger charge is -2.37. The number of piperazine rings is 1. The number of halogens is 3. The second-order valence-corrected chi connectivity index (χ2v) is 6.58. The van der Waals surface area contributed by atoms with Crippen LogP contribution in [0.1, 0.15) is 11.1 Å². The highest BCUT2D eigenvalue weighted by molar-refractivity contribution is 5.80. The molecule has 0 spiro atoms. The maximum Gasteiger partial charge on any atom is 0.416 e. The fourth-order valence-electron chi connectivity index (χ4n) is 3.20. The van der Waals surface area contributed by atoms with Crippen molar-refractivity contribution in [3.63, 3.8) is 0 Å². The zero-order valence-corrected chi connectivity index (χ0v) is 15.8. The number of rotatable bonds is 4. The highest BCUT2D eigenvalue weighted by atomic mass is 19.4. The van der Waals surface area contributed by atoms with Gasteiger partial charge in [-0.2, -0.15) is 13.2 Å². The van der Waals surface area contributed by atoms with Crippen LogP contribution in [0.2, 0.25) is 0 Å². The van der Waals surface area contributed by atoms with Crippen LogP contribution in [0.15, 0.2) is 53.7 Å². The van der Waals surface area contributed by atoms with Gasteiger partial charge in [0.2, 0.25) is 0 Å². The van der Waals surface area contributed by atoms with Crippen LogP contribution in [0, 0.1) is 0 Å². The number of nitrogens with one attached hydrogen (secondary N) is 1. The van der Waals surface area contributed by atoms with Crippen molar-refractivity contribution in [1.29, 1.82) is 0 Å². The number of aromatic nitrogens is 1. The molecule has 1 aliphatic rings. The lowest BCUT2D eigenvalue weighted by atomic mass is 10.1. The second-order valence-electron chi connectivity index (χ2n) is 6.58. The third kappa shape index (κ3) is 5.15. The van der Waals surface area contributed by atoms with Gasteiger partial charge in [-0.05, 0) is 36.2 Å². The molecule has 0 saturated carbocycles. The van der Waals surface area contributed by atoms with Crippen molar-refractivity contribution in [2.24, 2.45) is 4.99 Å². The maximum absolute atomic E-state index is 12.6. The molecule has 3 rings (SSSR count). The number of nitrogens with zero attached hydrogens (tertiary/aromatic N) is 4. The van der Waals surface area contributed by atoms with Crippen molar-refractivity contribution < 1.29 is 13.2 Å². The van der Waals surface area contributed by atoms with E-state index < -0.39 is 11.7 Å². The minimum Gasteiger partial charge on any atom is -0.356 e. The molecular weight excluding hydrogens is 367 g/mol. The molecule has 0 atom stereocenters. The molecule has 5 nitrogen and oxygen atoms in total. The summed E-state index contributed by atoms with van der Waals surface area (Å²) in [5.41, 5.74) is 0.238. The van der Waals surface area contributed by atoms with Gasteiger partial charge in [-0.15, -0.1) is 0 Å². The molecule has 1 aliphatic heterocycles. The Balaban J connectivity index is 1.46. The van der Waals surface area contributed by atoms with Gasteiger partial charge in [0.05, 0.1) is 5.56 Å². The van der Waals surface area contributed by atoms with E-state index in [1.807, 2.05) is 18.2 Å². The first-order valence-electron chi connectivity index (χ1n) is 9.25. The average Bonchev–Trinajstić information content (AvgIpc) is 2.72. The predicted molar refractivity (Wildman–Crippen MR) is 105 cm³/mol. The van der Waals surface area contributed by atoms with E-state index in [0.717, 1.165) is 55.7 Å². The van der Waals surface area contributed by atoms with Crippen LogP contribution in [0.4, 0.5) is 19.0 Å². The highest BCUT2D eigenvalue weighted by Gasteiger charge is 2.29. The summed E-state index contributed by atoms with van der Waals surface area (Å²) in [5.74, 6) is 1.79. The topological polar surface area (TPSA) is 43.8 Å². The van der Waals surface area contributed by atoms with Crippen LogP contribution in [0.3, 0.4) is 0 Å². The lowest BCUT2D eigenvalue weighted by Crippen LogP contribution is -2.53. The van der Waals surface area contributed by atoms with Crippen LogP contribution >= 0.6 is 0 Å². The number of hydrogen-bond donors (Lipinski definition) is 1. The van der Waals surface area contributed by atoms with E-state index in [1.54, 1.807) is 13.2 Å². The molecular formula is C20H24F3N5. The van der Waals surface area contributed by atoms with Gasteiger partial charge in [0.15, 0.2) is 5.96 Å². The van der Waals surface area contributed by atoms with Crippen LogP contribution in [-0.4, -0.2) is 55.6 Å². The first kappa shape index (κ1) is 20.0. The van der Waals surface area contributed by atoms with Crippen molar-refractivity contribution in [2.75, 3.05) is 44.7 Å². The molecule has 2 heterocycles. The Labute approximate surface area is 162 Å². The predicted octanol–water partition coefficient (Wildman–Crippen LogP) is 3.04. The molecule has 0 amide bonds. The highest BCUT2D eigenvalue weighted by Crippen LogP contribution is 2.29. The Bertz CT molecular complexity index is 767. The summed E-state index contributed by atoms with van der Waals surface area (Å²) in [5, 5.41) is 3.31. The van der Waals surface area contributed by atoms with Gasteiger partial charge in [0, 0.05) is 46.0 Å². The molecule has 1 aromatic carbocycles. The molecule has 1 saturated heterocycles. The summed E-state index contributed by atoms with van der Waals surface area (Å²) >= 11 is 0. The quantitative estimate of drug-likeness (QED) is 0.643. The van der Waals surface area contributed by atoms with Crippen molar-refractivity contribution >= 4 is 11.8 Å². The molecule has 8 heteroatoms. The van der Waals surface area contributed by atoms with Gasteiger partial charge in [-0.25, -0.2) is 4.98 Å². The standard InChI is InChI=1S/C20H24F3N5/c1-24-19(26-11-9-16-5-7-17(8-6-16)20(21,22)23)28-14-12-27(13-15-28)18-4-2-3-10-25-18/h2-8,10H,9,11-15H2,1H3,(H,24,26). The van der Waals surface area contributed by atoms with E-state index in [2.05, 4.69) is 25.1 Å². The van der Waals surface area contributed by atoms with Crippen molar-refractivity contribution in [3.8, 4) is 0 Å². The fourth-order valence-corrected chi connectivity index (χ4v) is 3.20. The summed E-state index contributed by atoms with van der Waals surface area (Å²) in [6, 6.07) is 11.2. The number of hydrogen-bond acceptors (Lipinski definition) is 3. The first-order valence-corrected chi connectivity index (χ1v) is 9.25. The van der Waals surface area contributed by atoms with Gasteiger partial charge < -0.3 is 15.1 Å². The van der Waals surface area contributed by atoms with E-state index >= 15 is 0 Å². The minimum absolute atomic E-state index is 0.610. The number of aliphatic imine (C=N–C) groups is 1. The summed E-state index contributed by atoms with van der Waals surface area (Å²) in [7, 11) is 1.74. The molecule has 1 N–H and O–H groups in total. The minimum atomic E-state index is -4.30. The van der Waals surface area contributed by atoms with E-state index in [4.69, 9.17) is 0 Å². The van der Waals surface area contributed by atoms with Gasteiger partial charge >= 0.3 is 6.18 Å². The molecule has 0 unspecified atom stereocenters. The third-order valence-electron chi connectivity index (χ3n) is 4.74. The van der Waals surface area contributed by atoms with E-state index in [1.165, 1.54) is 12.1 Å². The largest absolute Gasteiger partial charge is 0.416 e. The Morgan fingerprint density at radius 2 is 1.79 bits per heavy atom. The molecule has 2 aromatic rings. The monoisotopic (exact) mass is 391 g/mol. The van der Waals surface area contributed by atoms with Gasteiger partial charge in [-0.1, -0.05) is 18.2 Å². The molecule has 0 bridgehead atoms. The van der Waals surface area contributed by atoms with Crippen molar-refractivity contribution in [1.82, 2.24) is 15.2 Å². The SMILES string of the molecule is CN=C(NCCc1ccc(C(F)(F)F)cc1)N1CCN(c2ccccn2)CC1. The maximum atomic E-state index is 12.6. The molecule has 1 fully saturated rings. The van der Waals surface area contributed by atoms with Crippen molar-refractivity contribution in [3.05, 3.63) is 59.8 Å². The van der Waals surface area contributed by atoms with Gasteiger partial charge in [0.25, 0.3) is 0 Å². The Hall–Kier alpha value is -2.77.